The monoisotopic (exact) mass is 374 g/mol. The highest BCUT2D eigenvalue weighted by Crippen LogP contribution is 2.43. The minimum absolute atomic E-state index is 0.0768. The molecule has 1 aromatic carbocycles. The molecule has 3 rings (SSSR count). The predicted molar refractivity (Wildman–Crippen MR) is 85.8 cm³/mol. The second-order valence-electron chi connectivity index (χ2n) is 6.70. The zero-order chi connectivity index (χ0) is 18.4. The lowest BCUT2D eigenvalue weighted by atomic mass is 9.82. The predicted octanol–water partition coefficient (Wildman–Crippen LogP) is 3.30. The number of alkyl halides is 3. The largest absolute Gasteiger partial charge is 0.417 e. The first-order valence-electron chi connectivity index (χ1n) is 8.13. The lowest BCUT2D eigenvalue weighted by Crippen LogP contribution is -2.61. The van der Waals surface area contributed by atoms with Gasteiger partial charge in [0.25, 0.3) is 0 Å². The maximum absolute atomic E-state index is 13.1. The number of amides is 2. The van der Waals surface area contributed by atoms with Gasteiger partial charge >= 0.3 is 6.18 Å². The van der Waals surface area contributed by atoms with Crippen LogP contribution in [0.15, 0.2) is 18.2 Å². The topological polar surface area (TPSA) is 63.4 Å². The lowest BCUT2D eigenvalue weighted by Gasteiger charge is -2.45. The Labute approximate surface area is 148 Å². The molecule has 1 aromatic rings. The molecule has 136 valence electrons. The fourth-order valence-electron chi connectivity index (χ4n) is 3.74. The number of carbonyl (C=O) groups excluding carboxylic acids is 2. The first-order chi connectivity index (χ1) is 11.7. The highest BCUT2D eigenvalue weighted by atomic mass is 35.5. The van der Waals surface area contributed by atoms with E-state index >= 15 is 0 Å². The van der Waals surface area contributed by atoms with Crippen LogP contribution in [0.2, 0.25) is 5.02 Å². The van der Waals surface area contributed by atoms with E-state index < -0.39 is 28.2 Å². The number of primary amides is 1. The Morgan fingerprint density at radius 2 is 2.04 bits per heavy atom. The third kappa shape index (κ3) is 2.99. The van der Waals surface area contributed by atoms with Gasteiger partial charge in [-0.15, -0.1) is 0 Å². The Balaban J connectivity index is 2.01. The Morgan fingerprint density at radius 1 is 1.36 bits per heavy atom. The highest BCUT2D eigenvalue weighted by Gasteiger charge is 2.53. The Bertz CT molecular complexity index is 718. The number of likely N-dealkylation sites (tertiary alicyclic amines) is 1. The number of nitrogens with zero attached hydrogens (tertiary/aromatic N) is 1. The van der Waals surface area contributed by atoms with E-state index in [-0.39, 0.29) is 36.8 Å². The van der Waals surface area contributed by atoms with Gasteiger partial charge in [0, 0.05) is 18.9 Å². The van der Waals surface area contributed by atoms with Crippen LogP contribution in [0.25, 0.3) is 0 Å². The van der Waals surface area contributed by atoms with Gasteiger partial charge in [0.15, 0.2) is 0 Å². The normalized spacial score (nSPS) is 24.5. The van der Waals surface area contributed by atoms with Gasteiger partial charge in [-0.3, -0.25) is 9.59 Å². The van der Waals surface area contributed by atoms with E-state index in [1.165, 1.54) is 17.0 Å². The maximum Gasteiger partial charge on any atom is 0.417 e. The van der Waals surface area contributed by atoms with Crippen molar-refractivity contribution in [2.45, 2.75) is 56.3 Å². The molecular formula is C17H18ClF3N2O2. The Kier molecular flexibility index (Phi) is 4.47. The van der Waals surface area contributed by atoms with Gasteiger partial charge < -0.3 is 10.6 Å². The summed E-state index contributed by atoms with van der Waals surface area (Å²) in [6.07, 6.45) is -1.83. The Morgan fingerprint density at radius 3 is 2.56 bits per heavy atom. The molecule has 0 spiro atoms. The molecule has 2 amide bonds. The van der Waals surface area contributed by atoms with Crippen LogP contribution in [0.4, 0.5) is 13.2 Å². The van der Waals surface area contributed by atoms with Crippen molar-refractivity contribution in [3.63, 3.8) is 0 Å². The van der Waals surface area contributed by atoms with Gasteiger partial charge in [0.2, 0.25) is 11.8 Å². The lowest BCUT2D eigenvalue weighted by molar-refractivity contribution is -0.145. The molecule has 1 atom stereocenters. The van der Waals surface area contributed by atoms with E-state index in [1.54, 1.807) is 0 Å². The summed E-state index contributed by atoms with van der Waals surface area (Å²) in [6.45, 7) is 0. The van der Waals surface area contributed by atoms with Crippen molar-refractivity contribution in [1.82, 2.24) is 4.90 Å². The molecule has 1 heterocycles. The first-order valence-corrected chi connectivity index (χ1v) is 8.51. The summed E-state index contributed by atoms with van der Waals surface area (Å²) in [5.41, 5.74) is 3.54. The van der Waals surface area contributed by atoms with Crippen LogP contribution < -0.4 is 5.73 Å². The highest BCUT2D eigenvalue weighted by molar-refractivity contribution is 6.32. The van der Waals surface area contributed by atoms with Gasteiger partial charge in [0.1, 0.15) is 5.54 Å². The van der Waals surface area contributed by atoms with Gasteiger partial charge in [0.05, 0.1) is 10.6 Å². The zero-order valence-electron chi connectivity index (χ0n) is 13.4. The number of nitrogens with two attached hydrogens (primary N) is 1. The smallest absolute Gasteiger partial charge is 0.368 e. The quantitative estimate of drug-likeness (QED) is 0.878. The summed E-state index contributed by atoms with van der Waals surface area (Å²) in [6, 6.07) is 3.52. The van der Waals surface area contributed by atoms with Crippen LogP contribution in [0.1, 0.15) is 43.2 Å². The average molecular weight is 375 g/mol. The van der Waals surface area contributed by atoms with Crippen LogP contribution in [0.3, 0.4) is 0 Å². The molecule has 1 saturated heterocycles. The number of hydrogen-bond donors (Lipinski definition) is 1. The molecule has 4 nitrogen and oxygen atoms in total. The molecule has 25 heavy (non-hydrogen) atoms. The number of benzene rings is 1. The third-order valence-corrected chi connectivity index (χ3v) is 5.69. The first kappa shape index (κ1) is 18.0. The average Bonchev–Trinajstić information content (AvgIpc) is 2.77. The molecule has 1 saturated carbocycles. The number of rotatable bonds is 4. The van der Waals surface area contributed by atoms with Crippen molar-refractivity contribution in [3.05, 3.63) is 34.3 Å². The van der Waals surface area contributed by atoms with Crippen molar-refractivity contribution in [1.29, 1.82) is 0 Å². The summed E-state index contributed by atoms with van der Waals surface area (Å²) in [5, 5.41) is -0.441. The minimum Gasteiger partial charge on any atom is -0.368 e. The van der Waals surface area contributed by atoms with Crippen molar-refractivity contribution >= 4 is 23.4 Å². The van der Waals surface area contributed by atoms with E-state index in [9.17, 15) is 22.8 Å². The molecule has 0 bridgehead atoms. The van der Waals surface area contributed by atoms with Crippen LogP contribution in [-0.2, 0) is 22.2 Å². The standard InChI is InChI=1S/C17H18ClF3N2O2/c18-14-10(3-1-6-12(14)17(19,20)21)9-16(15(22)25)8-7-13(24)23(16)11-4-2-5-11/h1,3,6,11H,2,4-5,7-9H2,(H2,22,25)/t16-/m1/s1. The summed E-state index contributed by atoms with van der Waals surface area (Å²) in [7, 11) is 0. The summed E-state index contributed by atoms with van der Waals surface area (Å²) in [5.74, 6) is -0.870. The fourth-order valence-corrected chi connectivity index (χ4v) is 4.04. The van der Waals surface area contributed by atoms with Crippen LogP contribution in [-0.4, -0.2) is 28.3 Å². The van der Waals surface area contributed by atoms with Gasteiger partial charge in [-0.25, -0.2) is 0 Å². The molecule has 0 radical (unpaired) electrons. The number of hydrogen-bond acceptors (Lipinski definition) is 2. The SMILES string of the molecule is NC(=O)[C@]1(Cc2cccc(C(F)(F)F)c2Cl)CCC(=O)N1C1CCC1. The molecular weight excluding hydrogens is 357 g/mol. The summed E-state index contributed by atoms with van der Waals surface area (Å²) in [4.78, 5) is 26.1. The molecule has 0 unspecified atom stereocenters. The molecule has 1 aliphatic heterocycles. The molecule has 2 aliphatic rings. The van der Waals surface area contributed by atoms with E-state index in [4.69, 9.17) is 17.3 Å². The zero-order valence-corrected chi connectivity index (χ0v) is 14.2. The molecule has 1 aliphatic carbocycles. The fraction of sp³-hybridized carbons (Fsp3) is 0.529. The third-order valence-electron chi connectivity index (χ3n) is 5.25. The van der Waals surface area contributed by atoms with E-state index in [1.807, 2.05) is 0 Å². The summed E-state index contributed by atoms with van der Waals surface area (Å²) >= 11 is 5.97. The molecule has 2 fully saturated rings. The van der Waals surface area contributed by atoms with Crippen molar-refractivity contribution in [2.24, 2.45) is 5.73 Å². The van der Waals surface area contributed by atoms with Crippen molar-refractivity contribution in [3.8, 4) is 0 Å². The second kappa shape index (κ2) is 6.20. The second-order valence-corrected chi connectivity index (χ2v) is 7.08. The molecule has 8 heteroatoms. The van der Waals surface area contributed by atoms with E-state index in [0.717, 1.165) is 25.3 Å². The van der Waals surface area contributed by atoms with Crippen molar-refractivity contribution < 1.29 is 22.8 Å². The molecule has 0 aromatic heterocycles. The number of halogens is 4. The van der Waals surface area contributed by atoms with Crippen LogP contribution >= 0.6 is 11.6 Å². The van der Waals surface area contributed by atoms with Crippen molar-refractivity contribution in [2.75, 3.05) is 0 Å². The van der Waals surface area contributed by atoms with E-state index in [2.05, 4.69) is 0 Å². The van der Waals surface area contributed by atoms with E-state index in [0.29, 0.717) is 0 Å². The summed E-state index contributed by atoms with van der Waals surface area (Å²) < 4.78 is 39.3. The van der Waals surface area contributed by atoms with Crippen LogP contribution in [0.5, 0.6) is 0 Å². The Hall–Kier alpha value is -1.76. The minimum atomic E-state index is -4.59. The molecule has 2 N–H and O–H groups in total. The number of carbonyl (C=O) groups is 2. The van der Waals surface area contributed by atoms with Gasteiger partial charge in [-0.1, -0.05) is 23.7 Å². The van der Waals surface area contributed by atoms with Crippen LogP contribution in [0, 0.1) is 0 Å². The van der Waals surface area contributed by atoms with Gasteiger partial charge in [-0.05, 0) is 37.3 Å². The maximum atomic E-state index is 13.1. The van der Waals surface area contributed by atoms with Gasteiger partial charge in [-0.2, -0.15) is 13.2 Å².